The van der Waals surface area contributed by atoms with E-state index in [1.807, 2.05) is 5.20 Å². The summed E-state index contributed by atoms with van der Waals surface area (Å²) in [6, 6.07) is 0. The van der Waals surface area contributed by atoms with Crippen LogP contribution in [-0.4, -0.2) is 8.80 Å². The Morgan fingerprint density at radius 1 is 1.33 bits per heavy atom. The van der Waals surface area contributed by atoms with Gasteiger partial charge in [0, 0.05) is 0 Å². The van der Waals surface area contributed by atoms with Gasteiger partial charge in [0.1, 0.15) is 0 Å². The molecule has 0 saturated carbocycles. The molecule has 0 unspecified atom stereocenters. The molecule has 1 aliphatic rings. The molecule has 68 valence electrons. The predicted molar refractivity (Wildman–Crippen MR) is 59.2 cm³/mol. The van der Waals surface area contributed by atoms with Crippen molar-refractivity contribution in [3.63, 3.8) is 0 Å². The fourth-order valence-corrected chi connectivity index (χ4v) is 3.96. The van der Waals surface area contributed by atoms with Gasteiger partial charge in [-0.25, -0.2) is 0 Å². The molecule has 0 bridgehead atoms. The van der Waals surface area contributed by atoms with Gasteiger partial charge in [-0.3, -0.25) is 0 Å². The van der Waals surface area contributed by atoms with Crippen LogP contribution in [0, 0.1) is 0 Å². The van der Waals surface area contributed by atoms with E-state index >= 15 is 0 Å². The molecule has 0 spiro atoms. The van der Waals surface area contributed by atoms with Crippen LogP contribution in [0.1, 0.15) is 32.1 Å². The first-order valence-electron chi connectivity index (χ1n) is 5.07. The van der Waals surface area contributed by atoms with E-state index in [2.05, 4.69) is 25.7 Å². The summed E-state index contributed by atoms with van der Waals surface area (Å²) in [5.74, 6) is 0. The van der Waals surface area contributed by atoms with Gasteiger partial charge in [0.15, 0.2) is 0 Å². The van der Waals surface area contributed by atoms with Crippen molar-refractivity contribution < 1.29 is 0 Å². The third kappa shape index (κ3) is 2.34. The van der Waals surface area contributed by atoms with Crippen molar-refractivity contribution in [3.8, 4) is 0 Å². The van der Waals surface area contributed by atoms with Crippen LogP contribution in [-0.2, 0) is 0 Å². The summed E-state index contributed by atoms with van der Waals surface area (Å²) in [6.45, 7) is 8.73. The Hall–Kier alpha value is -0.303. The van der Waals surface area contributed by atoms with Crippen LogP contribution in [0.2, 0.25) is 13.1 Å². The van der Waals surface area contributed by atoms with Crippen LogP contribution < -0.4 is 0 Å². The Morgan fingerprint density at radius 2 is 2.00 bits per heavy atom. The largest absolute Gasteiger partial charge is 0.103 e. The smallest absolute Gasteiger partial charge is 0.0595 e. The van der Waals surface area contributed by atoms with Gasteiger partial charge in [0.05, 0.1) is 8.80 Å². The molecule has 0 saturated heterocycles. The summed E-state index contributed by atoms with van der Waals surface area (Å²) in [7, 11) is -0.509. The molecule has 0 aromatic carbocycles. The van der Waals surface area contributed by atoms with Crippen LogP contribution in [0.4, 0.5) is 0 Å². The van der Waals surface area contributed by atoms with Crippen molar-refractivity contribution >= 4 is 8.80 Å². The highest BCUT2D eigenvalue weighted by molar-refractivity contribution is 6.64. The quantitative estimate of drug-likeness (QED) is 0.461. The molecule has 0 nitrogen and oxygen atoms in total. The molecular weight excluding hydrogens is 160 g/mol. The average Bonchev–Trinajstić information content (AvgIpc) is 2.05. The molecule has 1 heteroatoms. The highest BCUT2D eigenvalue weighted by Crippen LogP contribution is 2.28. The second kappa shape index (κ2) is 4.66. The molecule has 0 heterocycles. The second-order valence-electron chi connectivity index (χ2n) is 3.98. The number of allylic oxidation sites excluding steroid dienone is 3. The van der Waals surface area contributed by atoms with E-state index in [1.165, 1.54) is 25.7 Å². The molecule has 0 aromatic heterocycles. The molecule has 0 fully saturated rings. The van der Waals surface area contributed by atoms with E-state index in [1.54, 1.807) is 5.57 Å². The van der Waals surface area contributed by atoms with Crippen molar-refractivity contribution in [2.24, 2.45) is 0 Å². The lowest BCUT2D eigenvalue weighted by atomic mass is 9.97. The van der Waals surface area contributed by atoms with Gasteiger partial charge in [-0.2, -0.15) is 0 Å². The Kier molecular flexibility index (Phi) is 3.80. The van der Waals surface area contributed by atoms with Crippen LogP contribution >= 0.6 is 0 Å². The SMILES string of the molecule is C=CCC1=C([SiH](C)C)CCCC1. The maximum absolute atomic E-state index is 3.83. The maximum Gasteiger partial charge on any atom is 0.0595 e. The molecule has 0 atom stereocenters. The highest BCUT2D eigenvalue weighted by Gasteiger charge is 2.14. The van der Waals surface area contributed by atoms with Crippen molar-refractivity contribution in [1.82, 2.24) is 0 Å². The number of hydrogen-bond acceptors (Lipinski definition) is 0. The molecule has 0 radical (unpaired) electrons. The van der Waals surface area contributed by atoms with E-state index in [9.17, 15) is 0 Å². The monoisotopic (exact) mass is 180 g/mol. The summed E-state index contributed by atoms with van der Waals surface area (Å²) in [5, 5.41) is 1.85. The van der Waals surface area contributed by atoms with Crippen LogP contribution in [0.3, 0.4) is 0 Å². The average molecular weight is 180 g/mol. The second-order valence-corrected chi connectivity index (χ2v) is 6.99. The first kappa shape index (κ1) is 9.78. The summed E-state index contributed by atoms with van der Waals surface area (Å²) in [4.78, 5) is 0. The Labute approximate surface area is 78.0 Å². The zero-order valence-electron chi connectivity index (χ0n) is 8.40. The molecule has 12 heavy (non-hydrogen) atoms. The molecule has 0 N–H and O–H groups in total. The zero-order valence-corrected chi connectivity index (χ0v) is 9.55. The molecule has 0 aliphatic heterocycles. The predicted octanol–water partition coefficient (Wildman–Crippen LogP) is 3.46. The van der Waals surface area contributed by atoms with Gasteiger partial charge in [-0.05, 0) is 32.1 Å². The fourth-order valence-electron chi connectivity index (χ4n) is 2.10. The van der Waals surface area contributed by atoms with Gasteiger partial charge in [0.2, 0.25) is 0 Å². The summed E-state index contributed by atoms with van der Waals surface area (Å²) in [5.41, 5.74) is 1.73. The highest BCUT2D eigenvalue weighted by atomic mass is 28.3. The topological polar surface area (TPSA) is 0 Å². The Bertz CT molecular complexity index is 189. The van der Waals surface area contributed by atoms with Crippen molar-refractivity contribution in [3.05, 3.63) is 23.4 Å². The van der Waals surface area contributed by atoms with Crippen LogP contribution in [0.25, 0.3) is 0 Å². The van der Waals surface area contributed by atoms with Gasteiger partial charge in [-0.15, -0.1) is 6.58 Å². The van der Waals surface area contributed by atoms with Crippen LogP contribution in [0.15, 0.2) is 23.4 Å². The van der Waals surface area contributed by atoms with E-state index < -0.39 is 8.80 Å². The van der Waals surface area contributed by atoms with Crippen LogP contribution in [0.5, 0.6) is 0 Å². The molecule has 1 aliphatic carbocycles. The fraction of sp³-hybridized carbons (Fsp3) is 0.636. The molecular formula is C11H20Si. The standard InChI is InChI=1S/C11H20Si/c1-4-7-10-8-5-6-9-11(10)12(2)3/h4,12H,1,5-9H2,2-3H3. The maximum atomic E-state index is 3.83. The Balaban J connectivity index is 2.75. The minimum absolute atomic E-state index is 0.509. The van der Waals surface area contributed by atoms with Gasteiger partial charge in [-0.1, -0.05) is 29.9 Å². The van der Waals surface area contributed by atoms with E-state index in [0.29, 0.717) is 0 Å². The Morgan fingerprint density at radius 3 is 2.58 bits per heavy atom. The van der Waals surface area contributed by atoms with E-state index in [0.717, 1.165) is 6.42 Å². The van der Waals surface area contributed by atoms with Crippen molar-refractivity contribution in [1.29, 1.82) is 0 Å². The van der Waals surface area contributed by atoms with Gasteiger partial charge in [0.25, 0.3) is 0 Å². The van der Waals surface area contributed by atoms with Crippen molar-refractivity contribution in [2.75, 3.05) is 0 Å². The lowest BCUT2D eigenvalue weighted by Gasteiger charge is -2.21. The lowest BCUT2D eigenvalue weighted by molar-refractivity contribution is 0.680. The summed E-state index contributed by atoms with van der Waals surface area (Å²) in [6.07, 6.45) is 8.81. The third-order valence-electron chi connectivity index (χ3n) is 2.72. The molecule has 0 aromatic rings. The first-order valence-corrected chi connectivity index (χ1v) is 7.96. The molecule has 0 amide bonds. The van der Waals surface area contributed by atoms with Gasteiger partial charge < -0.3 is 0 Å². The summed E-state index contributed by atoms with van der Waals surface area (Å²) < 4.78 is 0. The van der Waals surface area contributed by atoms with E-state index in [-0.39, 0.29) is 0 Å². The first-order chi connectivity index (χ1) is 5.75. The summed E-state index contributed by atoms with van der Waals surface area (Å²) >= 11 is 0. The van der Waals surface area contributed by atoms with Crippen molar-refractivity contribution in [2.45, 2.75) is 45.2 Å². The lowest BCUT2D eigenvalue weighted by Crippen LogP contribution is -2.12. The minimum atomic E-state index is -0.509. The number of rotatable bonds is 3. The minimum Gasteiger partial charge on any atom is -0.103 e. The number of hydrogen-bond donors (Lipinski definition) is 0. The van der Waals surface area contributed by atoms with E-state index in [4.69, 9.17) is 0 Å². The zero-order chi connectivity index (χ0) is 8.97. The third-order valence-corrected chi connectivity index (χ3v) is 4.81. The van der Waals surface area contributed by atoms with Gasteiger partial charge >= 0.3 is 0 Å². The normalized spacial score (nSPS) is 18.6. The molecule has 1 rings (SSSR count).